The summed E-state index contributed by atoms with van der Waals surface area (Å²) in [4.78, 5) is 3.53. The van der Waals surface area contributed by atoms with Crippen LogP contribution in [0.5, 0.6) is 11.5 Å². The maximum Gasteiger partial charge on any atom is 0.231 e. The van der Waals surface area contributed by atoms with Crippen molar-refractivity contribution in [3.05, 3.63) is 45.1 Å². The summed E-state index contributed by atoms with van der Waals surface area (Å²) in [5.41, 5.74) is 7.02. The fraction of sp³-hybridized carbons (Fsp3) is 0.333. The molecule has 1 aromatic heterocycles. The first-order valence-electron chi connectivity index (χ1n) is 6.70. The Bertz CT molecular complexity index is 618. The van der Waals surface area contributed by atoms with E-state index in [1.165, 1.54) is 4.88 Å². The first-order chi connectivity index (χ1) is 10.2. The number of likely N-dealkylation sites (N-methyl/N-ethyl adjacent to an activating group) is 1. The molecular weight excluding hydrogens is 308 g/mol. The number of ether oxygens (including phenoxy) is 2. The van der Waals surface area contributed by atoms with Crippen molar-refractivity contribution in [1.82, 2.24) is 4.90 Å². The molecule has 1 aliphatic heterocycles. The molecule has 0 bridgehead atoms. The predicted octanol–water partition coefficient (Wildman–Crippen LogP) is 3.26. The number of hydrogen-bond donors (Lipinski definition) is 1. The molecule has 1 unspecified atom stereocenters. The molecule has 0 saturated heterocycles. The van der Waals surface area contributed by atoms with E-state index in [0.717, 1.165) is 12.1 Å². The van der Waals surface area contributed by atoms with Crippen molar-refractivity contribution in [3.63, 3.8) is 0 Å². The second-order valence-corrected chi connectivity index (χ2v) is 6.42. The molecule has 112 valence electrons. The van der Waals surface area contributed by atoms with Crippen LogP contribution in [-0.2, 0) is 6.54 Å². The predicted molar refractivity (Wildman–Crippen MR) is 85.2 cm³/mol. The van der Waals surface area contributed by atoms with Crippen LogP contribution in [-0.4, -0.2) is 25.3 Å². The van der Waals surface area contributed by atoms with E-state index < -0.39 is 0 Å². The standard InChI is InChI=1S/C15H17ClN2O2S/c1-18(8-11-3-2-4-21-11)13(7-17)10-5-12(16)15-14(6-10)19-9-20-15/h2-6,13H,7-9,17H2,1H3. The highest BCUT2D eigenvalue weighted by Crippen LogP contribution is 2.41. The number of hydrogen-bond acceptors (Lipinski definition) is 5. The minimum absolute atomic E-state index is 0.0825. The molecule has 4 nitrogen and oxygen atoms in total. The van der Waals surface area contributed by atoms with Crippen molar-refractivity contribution >= 4 is 22.9 Å². The Balaban J connectivity index is 1.84. The van der Waals surface area contributed by atoms with Gasteiger partial charge in [-0.2, -0.15) is 0 Å². The molecule has 0 spiro atoms. The smallest absolute Gasteiger partial charge is 0.231 e. The molecule has 2 heterocycles. The molecule has 0 radical (unpaired) electrons. The van der Waals surface area contributed by atoms with Crippen LogP contribution < -0.4 is 15.2 Å². The first-order valence-corrected chi connectivity index (χ1v) is 7.96. The maximum atomic E-state index is 6.26. The number of fused-ring (bicyclic) bond motifs is 1. The van der Waals surface area contributed by atoms with Gasteiger partial charge in [0.05, 0.1) is 5.02 Å². The van der Waals surface area contributed by atoms with Crippen molar-refractivity contribution in [3.8, 4) is 11.5 Å². The van der Waals surface area contributed by atoms with Crippen molar-refractivity contribution in [1.29, 1.82) is 0 Å². The Morgan fingerprint density at radius 3 is 3.00 bits per heavy atom. The van der Waals surface area contributed by atoms with E-state index >= 15 is 0 Å². The third-order valence-corrected chi connectivity index (χ3v) is 4.72. The number of nitrogens with zero attached hydrogens (tertiary/aromatic N) is 1. The lowest BCUT2D eigenvalue weighted by molar-refractivity contribution is 0.174. The average molecular weight is 325 g/mol. The number of nitrogens with two attached hydrogens (primary N) is 1. The number of benzene rings is 1. The minimum atomic E-state index is 0.0825. The van der Waals surface area contributed by atoms with Crippen LogP contribution in [0.4, 0.5) is 0 Å². The van der Waals surface area contributed by atoms with Gasteiger partial charge in [0.25, 0.3) is 0 Å². The normalized spacial score (nSPS) is 14.7. The summed E-state index contributed by atoms with van der Waals surface area (Å²) in [5, 5.41) is 2.65. The fourth-order valence-corrected chi connectivity index (χ4v) is 3.55. The second kappa shape index (κ2) is 6.23. The summed E-state index contributed by atoms with van der Waals surface area (Å²) < 4.78 is 10.8. The van der Waals surface area contributed by atoms with Gasteiger partial charge in [-0.15, -0.1) is 11.3 Å². The van der Waals surface area contributed by atoms with Crippen molar-refractivity contribution in [2.45, 2.75) is 12.6 Å². The second-order valence-electron chi connectivity index (χ2n) is 4.98. The van der Waals surface area contributed by atoms with Crippen molar-refractivity contribution in [2.75, 3.05) is 20.4 Å². The summed E-state index contributed by atoms with van der Waals surface area (Å²) in [6, 6.07) is 8.15. The quantitative estimate of drug-likeness (QED) is 0.917. The Morgan fingerprint density at radius 1 is 1.43 bits per heavy atom. The van der Waals surface area contributed by atoms with E-state index in [0.29, 0.717) is 23.1 Å². The van der Waals surface area contributed by atoms with E-state index in [1.54, 1.807) is 11.3 Å². The Morgan fingerprint density at radius 2 is 2.29 bits per heavy atom. The van der Waals surface area contributed by atoms with Crippen LogP contribution >= 0.6 is 22.9 Å². The van der Waals surface area contributed by atoms with Gasteiger partial charge in [-0.3, -0.25) is 4.90 Å². The molecule has 0 fully saturated rings. The molecule has 2 aromatic rings. The molecule has 2 N–H and O–H groups in total. The molecule has 21 heavy (non-hydrogen) atoms. The molecule has 0 saturated carbocycles. The Labute approximate surface area is 133 Å². The van der Waals surface area contributed by atoms with Gasteiger partial charge in [0, 0.05) is 24.0 Å². The molecule has 0 amide bonds. The summed E-state index contributed by atoms with van der Waals surface area (Å²) in [7, 11) is 2.07. The largest absolute Gasteiger partial charge is 0.454 e. The lowest BCUT2D eigenvalue weighted by Gasteiger charge is -2.27. The molecule has 0 aliphatic carbocycles. The van der Waals surface area contributed by atoms with Gasteiger partial charge in [0.1, 0.15) is 0 Å². The molecule has 1 aliphatic rings. The van der Waals surface area contributed by atoms with Gasteiger partial charge in [-0.1, -0.05) is 17.7 Å². The van der Waals surface area contributed by atoms with E-state index in [-0.39, 0.29) is 12.8 Å². The van der Waals surface area contributed by atoms with Crippen LogP contribution in [0, 0.1) is 0 Å². The highest BCUT2D eigenvalue weighted by atomic mass is 35.5. The van der Waals surface area contributed by atoms with Gasteiger partial charge in [-0.25, -0.2) is 0 Å². The third kappa shape index (κ3) is 3.01. The lowest BCUT2D eigenvalue weighted by atomic mass is 10.0. The van der Waals surface area contributed by atoms with Crippen LogP contribution in [0.15, 0.2) is 29.6 Å². The number of halogens is 1. The van der Waals surface area contributed by atoms with E-state index in [1.807, 2.05) is 12.1 Å². The van der Waals surface area contributed by atoms with E-state index in [2.05, 4.69) is 29.5 Å². The third-order valence-electron chi connectivity index (χ3n) is 3.57. The lowest BCUT2D eigenvalue weighted by Crippen LogP contribution is -2.29. The molecular formula is C15H17ClN2O2S. The zero-order chi connectivity index (χ0) is 14.8. The van der Waals surface area contributed by atoms with Crippen LogP contribution in [0.1, 0.15) is 16.5 Å². The van der Waals surface area contributed by atoms with Gasteiger partial charge < -0.3 is 15.2 Å². The topological polar surface area (TPSA) is 47.7 Å². The zero-order valence-electron chi connectivity index (χ0n) is 11.7. The maximum absolute atomic E-state index is 6.26. The summed E-state index contributed by atoms with van der Waals surface area (Å²) in [5.74, 6) is 1.32. The Hall–Kier alpha value is -1.27. The summed E-state index contributed by atoms with van der Waals surface area (Å²) in [6.07, 6.45) is 0. The number of thiophene rings is 1. The van der Waals surface area contributed by atoms with Crippen LogP contribution in [0.3, 0.4) is 0 Å². The van der Waals surface area contributed by atoms with Crippen molar-refractivity contribution in [2.24, 2.45) is 5.73 Å². The van der Waals surface area contributed by atoms with Gasteiger partial charge in [0.15, 0.2) is 11.5 Å². The van der Waals surface area contributed by atoms with Crippen LogP contribution in [0.25, 0.3) is 0 Å². The minimum Gasteiger partial charge on any atom is -0.454 e. The van der Waals surface area contributed by atoms with Crippen LogP contribution in [0.2, 0.25) is 5.02 Å². The molecule has 3 rings (SSSR count). The zero-order valence-corrected chi connectivity index (χ0v) is 13.3. The van der Waals surface area contributed by atoms with Gasteiger partial charge in [0.2, 0.25) is 6.79 Å². The van der Waals surface area contributed by atoms with E-state index in [9.17, 15) is 0 Å². The fourth-order valence-electron chi connectivity index (χ4n) is 2.51. The summed E-state index contributed by atoms with van der Waals surface area (Å²) >= 11 is 8.01. The highest BCUT2D eigenvalue weighted by Gasteiger charge is 2.23. The summed E-state index contributed by atoms with van der Waals surface area (Å²) in [6.45, 7) is 1.58. The number of rotatable bonds is 5. The van der Waals surface area contributed by atoms with Gasteiger partial charge in [-0.05, 0) is 36.2 Å². The molecule has 1 atom stereocenters. The Kier molecular flexibility index (Phi) is 4.35. The molecule has 6 heteroatoms. The first kappa shape index (κ1) is 14.7. The van der Waals surface area contributed by atoms with E-state index in [4.69, 9.17) is 26.8 Å². The van der Waals surface area contributed by atoms with Gasteiger partial charge >= 0.3 is 0 Å². The SMILES string of the molecule is CN(Cc1cccs1)C(CN)c1cc(Cl)c2c(c1)OCO2. The average Bonchev–Trinajstić information content (AvgIpc) is 3.10. The molecule has 1 aromatic carbocycles. The van der Waals surface area contributed by atoms with Crippen molar-refractivity contribution < 1.29 is 9.47 Å². The highest BCUT2D eigenvalue weighted by molar-refractivity contribution is 7.09. The monoisotopic (exact) mass is 324 g/mol.